The topological polar surface area (TPSA) is 92.2 Å². The number of anilines is 1. The van der Waals surface area contributed by atoms with Crippen LogP contribution in [0.4, 0.5) is 5.69 Å². The van der Waals surface area contributed by atoms with Crippen molar-refractivity contribution in [2.45, 2.75) is 18.6 Å². The van der Waals surface area contributed by atoms with Crippen molar-refractivity contribution < 1.29 is 14.3 Å². The van der Waals surface area contributed by atoms with Crippen molar-refractivity contribution in [1.29, 1.82) is 0 Å². The molecule has 2 aromatic carbocycles. The standard InChI is InChI=1S/C20H18Cl2N4O3S/c1-11(12-6-8-13(29-2)9-7-12)25-26-20-24-19(28)16(30-20)10-17(27)23-15-5-3-4-14(21)18(15)22/h3-9,16H,10H2,1-2H3,(H,23,27)(H,24,26,28)/b25-11-. The minimum Gasteiger partial charge on any atom is -0.497 e. The van der Waals surface area contributed by atoms with Crippen molar-refractivity contribution in [1.82, 2.24) is 5.32 Å². The van der Waals surface area contributed by atoms with E-state index in [9.17, 15) is 9.59 Å². The third-order valence-corrected chi connectivity index (χ3v) is 6.06. The molecule has 0 saturated carbocycles. The third-order valence-electron chi connectivity index (χ3n) is 4.17. The molecule has 0 aromatic heterocycles. The number of carbonyl (C=O) groups excluding carboxylic acids is 2. The fraction of sp³-hybridized carbons (Fsp3) is 0.200. The molecule has 0 radical (unpaired) electrons. The van der Waals surface area contributed by atoms with Crippen LogP contribution in [0.5, 0.6) is 5.75 Å². The number of amides is 2. The second-order valence-electron chi connectivity index (χ2n) is 6.27. The molecule has 2 N–H and O–H groups in total. The van der Waals surface area contributed by atoms with Crippen LogP contribution in [0.3, 0.4) is 0 Å². The Morgan fingerprint density at radius 3 is 2.67 bits per heavy atom. The zero-order valence-electron chi connectivity index (χ0n) is 16.1. The highest BCUT2D eigenvalue weighted by Gasteiger charge is 2.32. The number of nitrogens with one attached hydrogen (secondary N) is 2. The van der Waals surface area contributed by atoms with Crippen molar-refractivity contribution in [2.75, 3.05) is 12.4 Å². The van der Waals surface area contributed by atoms with Gasteiger partial charge in [-0.3, -0.25) is 9.59 Å². The van der Waals surface area contributed by atoms with Gasteiger partial charge in [0.2, 0.25) is 11.8 Å². The molecule has 1 aliphatic heterocycles. The van der Waals surface area contributed by atoms with Gasteiger partial charge in [-0.1, -0.05) is 41.0 Å². The van der Waals surface area contributed by atoms with Crippen molar-refractivity contribution in [3.8, 4) is 5.75 Å². The van der Waals surface area contributed by atoms with Gasteiger partial charge in [-0.15, -0.1) is 5.10 Å². The highest BCUT2D eigenvalue weighted by atomic mass is 35.5. The summed E-state index contributed by atoms with van der Waals surface area (Å²) in [4.78, 5) is 24.5. The van der Waals surface area contributed by atoms with Gasteiger partial charge in [0.15, 0.2) is 5.17 Å². The summed E-state index contributed by atoms with van der Waals surface area (Å²) in [5.41, 5.74) is 1.95. The maximum absolute atomic E-state index is 12.3. The number of thioether (sulfide) groups is 1. The highest BCUT2D eigenvalue weighted by molar-refractivity contribution is 8.15. The smallest absolute Gasteiger partial charge is 0.240 e. The Hall–Kier alpha value is -2.55. The van der Waals surface area contributed by atoms with Crippen molar-refractivity contribution in [2.24, 2.45) is 10.2 Å². The van der Waals surface area contributed by atoms with Crippen LogP contribution >= 0.6 is 35.0 Å². The summed E-state index contributed by atoms with van der Waals surface area (Å²) in [6.45, 7) is 1.81. The summed E-state index contributed by atoms with van der Waals surface area (Å²) in [7, 11) is 1.60. The molecule has 2 amide bonds. The monoisotopic (exact) mass is 464 g/mol. The number of methoxy groups -OCH3 is 1. The quantitative estimate of drug-likeness (QED) is 0.491. The molecule has 0 aliphatic carbocycles. The van der Waals surface area contributed by atoms with Gasteiger partial charge in [-0.05, 0) is 48.9 Å². The number of halogens is 2. The normalized spacial score (nSPS) is 17.7. The number of amidine groups is 1. The van der Waals surface area contributed by atoms with Crippen LogP contribution in [-0.2, 0) is 9.59 Å². The molecule has 1 unspecified atom stereocenters. The molecule has 30 heavy (non-hydrogen) atoms. The predicted molar refractivity (Wildman–Crippen MR) is 122 cm³/mol. The second-order valence-corrected chi connectivity index (χ2v) is 8.25. The predicted octanol–water partition coefficient (Wildman–Crippen LogP) is 4.34. The van der Waals surface area contributed by atoms with E-state index in [4.69, 9.17) is 27.9 Å². The van der Waals surface area contributed by atoms with Gasteiger partial charge in [-0.25, -0.2) is 0 Å². The molecular formula is C20H18Cl2N4O3S. The Labute approximate surface area is 187 Å². The fourth-order valence-electron chi connectivity index (χ4n) is 2.57. The molecule has 0 bridgehead atoms. The largest absolute Gasteiger partial charge is 0.497 e. The van der Waals surface area contributed by atoms with Crippen LogP contribution < -0.4 is 15.4 Å². The molecule has 10 heteroatoms. The molecule has 1 saturated heterocycles. The van der Waals surface area contributed by atoms with E-state index >= 15 is 0 Å². The van der Waals surface area contributed by atoms with Crippen LogP contribution in [0.15, 0.2) is 52.7 Å². The number of ether oxygens (including phenoxy) is 1. The van der Waals surface area contributed by atoms with Crippen molar-refractivity contribution in [3.63, 3.8) is 0 Å². The zero-order chi connectivity index (χ0) is 21.7. The molecule has 3 rings (SSSR count). The van der Waals surface area contributed by atoms with Crippen LogP contribution in [0.25, 0.3) is 0 Å². The molecule has 1 aliphatic rings. The van der Waals surface area contributed by atoms with Gasteiger partial charge in [0.25, 0.3) is 0 Å². The van der Waals surface area contributed by atoms with E-state index < -0.39 is 5.25 Å². The molecule has 1 heterocycles. The first-order valence-corrected chi connectivity index (χ1v) is 10.5. The van der Waals surface area contributed by atoms with E-state index in [0.717, 1.165) is 23.1 Å². The molecule has 7 nitrogen and oxygen atoms in total. The first-order chi connectivity index (χ1) is 14.4. The van der Waals surface area contributed by atoms with Crippen molar-refractivity contribution in [3.05, 3.63) is 58.1 Å². The maximum Gasteiger partial charge on any atom is 0.240 e. The summed E-state index contributed by atoms with van der Waals surface area (Å²) >= 11 is 13.2. The lowest BCUT2D eigenvalue weighted by molar-refractivity contribution is -0.122. The Morgan fingerprint density at radius 2 is 1.97 bits per heavy atom. The number of nitrogens with zero attached hydrogens (tertiary/aromatic N) is 2. The fourth-order valence-corrected chi connectivity index (χ4v) is 3.83. The molecule has 0 spiro atoms. The SMILES string of the molecule is COc1ccc(/C(C)=N\N=C2/NC(=O)C(CC(=O)Nc3cccc(Cl)c3Cl)S2)cc1. The van der Waals surface area contributed by atoms with Crippen LogP contribution in [0.2, 0.25) is 10.0 Å². The minimum absolute atomic E-state index is 0.0421. The molecular weight excluding hydrogens is 447 g/mol. The van der Waals surface area contributed by atoms with E-state index in [0.29, 0.717) is 21.6 Å². The zero-order valence-corrected chi connectivity index (χ0v) is 18.4. The van der Waals surface area contributed by atoms with E-state index in [1.807, 2.05) is 31.2 Å². The van der Waals surface area contributed by atoms with Gasteiger partial charge in [0, 0.05) is 6.42 Å². The van der Waals surface area contributed by atoms with E-state index in [2.05, 4.69) is 20.8 Å². The summed E-state index contributed by atoms with van der Waals surface area (Å²) in [6, 6.07) is 12.3. The minimum atomic E-state index is -0.613. The average molecular weight is 465 g/mol. The van der Waals surface area contributed by atoms with E-state index in [1.165, 1.54) is 0 Å². The Kier molecular flexibility index (Phi) is 7.36. The number of rotatable bonds is 6. The van der Waals surface area contributed by atoms with Gasteiger partial charge in [-0.2, -0.15) is 5.10 Å². The van der Waals surface area contributed by atoms with Gasteiger partial charge < -0.3 is 15.4 Å². The summed E-state index contributed by atoms with van der Waals surface area (Å²) in [5, 5.41) is 13.9. The van der Waals surface area contributed by atoms with Gasteiger partial charge in [0.1, 0.15) is 11.0 Å². The number of carbonyl (C=O) groups is 2. The summed E-state index contributed by atoms with van der Waals surface area (Å²) in [5.74, 6) is 0.0889. The Bertz CT molecular complexity index is 1030. The lowest BCUT2D eigenvalue weighted by atomic mass is 10.1. The summed E-state index contributed by atoms with van der Waals surface area (Å²) < 4.78 is 5.13. The first-order valence-electron chi connectivity index (χ1n) is 8.85. The Balaban J connectivity index is 1.61. The highest BCUT2D eigenvalue weighted by Crippen LogP contribution is 2.30. The molecule has 156 valence electrons. The van der Waals surface area contributed by atoms with Gasteiger partial charge >= 0.3 is 0 Å². The molecule has 1 fully saturated rings. The van der Waals surface area contributed by atoms with E-state index in [1.54, 1.807) is 25.3 Å². The second kappa shape index (κ2) is 9.97. The van der Waals surface area contributed by atoms with Crippen LogP contribution in [0, 0.1) is 0 Å². The third kappa shape index (κ3) is 5.53. The number of benzene rings is 2. The summed E-state index contributed by atoms with van der Waals surface area (Å²) in [6.07, 6.45) is -0.0421. The van der Waals surface area contributed by atoms with Crippen LogP contribution in [0.1, 0.15) is 18.9 Å². The van der Waals surface area contributed by atoms with E-state index in [-0.39, 0.29) is 23.3 Å². The number of hydrogen-bond acceptors (Lipinski definition) is 6. The Morgan fingerprint density at radius 1 is 1.23 bits per heavy atom. The maximum atomic E-state index is 12.3. The lowest BCUT2D eigenvalue weighted by Crippen LogP contribution is -2.28. The molecule has 1 atom stereocenters. The van der Waals surface area contributed by atoms with Crippen LogP contribution in [-0.4, -0.2) is 35.1 Å². The van der Waals surface area contributed by atoms with Crippen molar-refractivity contribution >= 4 is 63.3 Å². The molecule has 2 aromatic rings. The number of hydrogen-bond donors (Lipinski definition) is 2. The first kappa shape index (κ1) is 22.1. The lowest BCUT2D eigenvalue weighted by Gasteiger charge is -2.09. The average Bonchev–Trinajstić information content (AvgIpc) is 3.08. The van der Waals surface area contributed by atoms with Gasteiger partial charge in [0.05, 0.1) is 28.6 Å².